The topological polar surface area (TPSA) is 111 Å². The molecule has 9 nitrogen and oxygen atoms in total. The Kier molecular flexibility index (Phi) is 49.0. The lowest BCUT2D eigenvalue weighted by Crippen LogP contribution is -2.47. The first-order valence-corrected chi connectivity index (χ1v) is 31.0. The van der Waals surface area contributed by atoms with Crippen LogP contribution in [0.2, 0.25) is 0 Å². The van der Waals surface area contributed by atoms with Gasteiger partial charge < -0.3 is 19.4 Å². The number of hydrogen-bond acceptors (Lipinski definition) is 6. The van der Waals surface area contributed by atoms with Gasteiger partial charge in [-0.2, -0.15) is 0 Å². The SMILES string of the molecule is CCCCC/C=C\C/C=C\CCCCCCCCCC(=O)OC(/C=C/CCCCCCCCCCCCC)C(COP(=O)(O)OCC[N+](C)(C)C)NC(=O)CCCCC/C=C\CCCCCCCCC. The van der Waals surface area contributed by atoms with Crippen LogP contribution in [0.15, 0.2) is 48.6 Å². The van der Waals surface area contributed by atoms with Gasteiger partial charge in [0.2, 0.25) is 5.91 Å². The van der Waals surface area contributed by atoms with Gasteiger partial charge in [-0.1, -0.05) is 217 Å². The molecular weight excluding hydrogens is 892 g/mol. The molecule has 0 spiro atoms. The molecule has 0 bridgehead atoms. The van der Waals surface area contributed by atoms with E-state index >= 15 is 0 Å². The van der Waals surface area contributed by atoms with Crippen molar-refractivity contribution in [3.8, 4) is 0 Å². The highest BCUT2D eigenvalue weighted by Crippen LogP contribution is 2.43. The molecule has 10 heteroatoms. The smallest absolute Gasteiger partial charge is 0.456 e. The molecule has 0 radical (unpaired) electrons. The van der Waals surface area contributed by atoms with Crippen LogP contribution in [0.4, 0.5) is 0 Å². The first kappa shape index (κ1) is 68.0. The Balaban J connectivity index is 5.38. The molecule has 1 amide bonds. The summed E-state index contributed by atoms with van der Waals surface area (Å²) in [6.45, 7) is 6.98. The molecular formula is C60H114N2O7P+. The Hall–Kier alpha value is -2.03. The molecule has 410 valence electrons. The van der Waals surface area contributed by atoms with E-state index in [0.29, 0.717) is 17.4 Å². The van der Waals surface area contributed by atoms with Crippen molar-refractivity contribution < 1.29 is 37.3 Å². The maximum Gasteiger partial charge on any atom is 0.472 e. The Morgan fingerprint density at radius 1 is 0.500 bits per heavy atom. The normalized spacial score (nSPS) is 14.1. The van der Waals surface area contributed by atoms with Crippen molar-refractivity contribution in [2.24, 2.45) is 0 Å². The van der Waals surface area contributed by atoms with E-state index in [4.69, 9.17) is 13.8 Å². The van der Waals surface area contributed by atoms with Gasteiger partial charge in [0, 0.05) is 12.8 Å². The van der Waals surface area contributed by atoms with Crippen LogP contribution in [0.3, 0.4) is 0 Å². The number of nitrogens with zero attached hydrogens (tertiary/aromatic N) is 1. The van der Waals surface area contributed by atoms with Crippen molar-refractivity contribution >= 4 is 19.7 Å². The van der Waals surface area contributed by atoms with Gasteiger partial charge in [0.25, 0.3) is 0 Å². The lowest BCUT2D eigenvalue weighted by Gasteiger charge is -2.27. The van der Waals surface area contributed by atoms with E-state index in [1.165, 1.54) is 148 Å². The lowest BCUT2D eigenvalue weighted by atomic mass is 10.0. The molecule has 0 aliphatic rings. The molecule has 0 aromatic heterocycles. The van der Waals surface area contributed by atoms with Crippen LogP contribution in [-0.4, -0.2) is 74.3 Å². The van der Waals surface area contributed by atoms with Crippen LogP contribution in [0.25, 0.3) is 0 Å². The summed E-state index contributed by atoms with van der Waals surface area (Å²) in [4.78, 5) is 37.6. The van der Waals surface area contributed by atoms with Gasteiger partial charge in [-0.25, -0.2) is 4.57 Å². The predicted octanol–water partition coefficient (Wildman–Crippen LogP) is 17.7. The highest BCUT2D eigenvalue weighted by Gasteiger charge is 2.30. The monoisotopic (exact) mass is 1010 g/mol. The van der Waals surface area contributed by atoms with E-state index in [9.17, 15) is 19.0 Å². The van der Waals surface area contributed by atoms with Gasteiger partial charge in [-0.05, 0) is 89.5 Å². The summed E-state index contributed by atoms with van der Waals surface area (Å²) < 4.78 is 30.6. The molecule has 3 unspecified atom stereocenters. The van der Waals surface area contributed by atoms with Crippen LogP contribution in [0.5, 0.6) is 0 Å². The van der Waals surface area contributed by atoms with Gasteiger partial charge in [-0.15, -0.1) is 0 Å². The van der Waals surface area contributed by atoms with Crippen LogP contribution < -0.4 is 5.32 Å². The number of amides is 1. The molecule has 0 fully saturated rings. The fraction of sp³-hybridized carbons (Fsp3) is 0.833. The summed E-state index contributed by atoms with van der Waals surface area (Å²) in [5, 5.41) is 3.04. The van der Waals surface area contributed by atoms with Gasteiger partial charge in [0.1, 0.15) is 19.3 Å². The maximum absolute atomic E-state index is 13.5. The van der Waals surface area contributed by atoms with E-state index in [-0.39, 0.29) is 31.5 Å². The van der Waals surface area contributed by atoms with Crippen molar-refractivity contribution in [2.45, 2.75) is 283 Å². The summed E-state index contributed by atoms with van der Waals surface area (Å²) in [7, 11) is 1.48. The van der Waals surface area contributed by atoms with Crippen LogP contribution in [-0.2, 0) is 27.9 Å². The van der Waals surface area contributed by atoms with E-state index in [1.54, 1.807) is 0 Å². The zero-order chi connectivity index (χ0) is 51.5. The average Bonchev–Trinajstić information content (AvgIpc) is 3.32. The zero-order valence-electron chi connectivity index (χ0n) is 46.8. The number of quaternary nitrogens is 1. The number of phosphoric ester groups is 1. The first-order valence-electron chi connectivity index (χ1n) is 29.5. The summed E-state index contributed by atoms with van der Waals surface area (Å²) in [6.07, 6.45) is 61.0. The molecule has 2 N–H and O–H groups in total. The molecule has 0 saturated carbocycles. The largest absolute Gasteiger partial charge is 0.472 e. The van der Waals surface area contributed by atoms with Crippen LogP contribution in [0.1, 0.15) is 271 Å². The van der Waals surface area contributed by atoms with Gasteiger partial charge in [-0.3, -0.25) is 18.6 Å². The van der Waals surface area contributed by atoms with E-state index < -0.39 is 20.0 Å². The molecule has 0 aromatic rings. The molecule has 70 heavy (non-hydrogen) atoms. The maximum atomic E-state index is 13.5. The number of carbonyl (C=O) groups is 2. The second kappa shape index (κ2) is 50.5. The minimum atomic E-state index is -4.45. The fourth-order valence-electron chi connectivity index (χ4n) is 8.38. The fourth-order valence-corrected chi connectivity index (χ4v) is 9.11. The third-order valence-corrected chi connectivity index (χ3v) is 14.0. The van der Waals surface area contributed by atoms with E-state index in [1.807, 2.05) is 33.3 Å². The quantitative estimate of drug-likeness (QED) is 0.0205. The van der Waals surface area contributed by atoms with Crippen molar-refractivity contribution in [1.82, 2.24) is 5.32 Å². The zero-order valence-corrected chi connectivity index (χ0v) is 47.7. The first-order chi connectivity index (χ1) is 33.9. The minimum Gasteiger partial charge on any atom is -0.456 e. The van der Waals surface area contributed by atoms with Crippen molar-refractivity contribution in [2.75, 3.05) is 40.9 Å². The highest BCUT2D eigenvalue weighted by atomic mass is 31.2. The Morgan fingerprint density at radius 2 is 0.871 bits per heavy atom. The molecule has 0 saturated heterocycles. The number of unbranched alkanes of at least 4 members (excludes halogenated alkanes) is 31. The van der Waals surface area contributed by atoms with Crippen molar-refractivity contribution in [3.05, 3.63) is 48.6 Å². The van der Waals surface area contributed by atoms with Gasteiger partial charge in [0.15, 0.2) is 0 Å². The minimum absolute atomic E-state index is 0.0363. The molecule has 0 aliphatic heterocycles. The molecule has 3 atom stereocenters. The summed E-state index contributed by atoms with van der Waals surface area (Å²) in [6, 6.07) is -0.857. The van der Waals surface area contributed by atoms with Crippen molar-refractivity contribution in [1.29, 1.82) is 0 Å². The molecule has 0 aliphatic carbocycles. The number of phosphoric acid groups is 1. The summed E-state index contributed by atoms with van der Waals surface area (Å²) in [5.74, 6) is -0.527. The number of allylic oxidation sites excluding steroid dienone is 7. The second-order valence-electron chi connectivity index (χ2n) is 21.2. The molecule has 0 aromatic carbocycles. The van der Waals surface area contributed by atoms with Gasteiger partial charge >= 0.3 is 13.8 Å². The Labute approximate surface area is 433 Å². The highest BCUT2D eigenvalue weighted by molar-refractivity contribution is 7.47. The number of rotatable bonds is 53. The average molecular weight is 1010 g/mol. The van der Waals surface area contributed by atoms with E-state index in [0.717, 1.165) is 89.9 Å². The number of ether oxygens (including phenoxy) is 1. The van der Waals surface area contributed by atoms with Crippen LogP contribution >= 0.6 is 7.82 Å². The third-order valence-electron chi connectivity index (χ3n) is 13.0. The number of nitrogens with one attached hydrogen (secondary N) is 1. The summed E-state index contributed by atoms with van der Waals surface area (Å²) in [5.41, 5.74) is 0. The Bertz CT molecular complexity index is 1340. The van der Waals surface area contributed by atoms with Crippen molar-refractivity contribution in [3.63, 3.8) is 0 Å². The summed E-state index contributed by atoms with van der Waals surface area (Å²) >= 11 is 0. The number of esters is 1. The van der Waals surface area contributed by atoms with Gasteiger partial charge in [0.05, 0.1) is 33.8 Å². The van der Waals surface area contributed by atoms with E-state index in [2.05, 4.69) is 62.5 Å². The Morgan fingerprint density at radius 3 is 1.34 bits per heavy atom. The lowest BCUT2D eigenvalue weighted by molar-refractivity contribution is -0.870. The van der Waals surface area contributed by atoms with Crippen LogP contribution in [0, 0.1) is 0 Å². The predicted molar refractivity (Wildman–Crippen MR) is 300 cm³/mol. The molecule has 0 heterocycles. The number of likely N-dealkylation sites (N-methyl/N-ethyl adjacent to an activating group) is 1. The number of carbonyl (C=O) groups excluding carboxylic acids is 2. The third kappa shape index (κ3) is 50.9. The second-order valence-corrected chi connectivity index (χ2v) is 22.6. The number of hydrogen-bond donors (Lipinski definition) is 2. The molecule has 0 rings (SSSR count). The standard InChI is InChI=1S/C60H113N2O7P/c1-7-10-13-16-19-22-25-28-30-31-32-35-38-41-44-47-50-53-60(64)69-58(51-48-45-42-39-36-33-27-24-21-18-15-12-9-3)57(56-68-70(65,66)67-55-54-62(4,5)6)61-59(63)52-49-46-43-40-37-34-29-26-23-20-17-14-11-8-2/h19,22,28,30,34,37,48,51,57-58H,7-18,20-21,23-27,29,31-33,35-36,38-47,49-50,52-56H2,1-6H3,(H-,61,63,65,66)/p+1/b22-19-,30-28-,37-34-,51-48+.